The van der Waals surface area contributed by atoms with Gasteiger partial charge in [0.1, 0.15) is 24.4 Å². The number of H-pyrrole nitrogens is 1. The fourth-order valence-electron chi connectivity index (χ4n) is 5.79. The third kappa shape index (κ3) is 3.78. The van der Waals surface area contributed by atoms with Crippen LogP contribution in [0.15, 0.2) is 47.8 Å². The number of hydrogen-bond donors (Lipinski definition) is 5. The highest BCUT2D eigenvalue weighted by atomic mass is 16.8. The molecule has 0 aliphatic carbocycles. The molecule has 5 heterocycles. The van der Waals surface area contributed by atoms with Gasteiger partial charge in [-0.15, -0.1) is 6.58 Å². The van der Waals surface area contributed by atoms with Gasteiger partial charge >= 0.3 is 0 Å². The van der Waals surface area contributed by atoms with Crippen LogP contribution in [-0.2, 0) is 31.9 Å². The molecule has 6 rings (SSSR count). The van der Waals surface area contributed by atoms with Gasteiger partial charge in [0.05, 0.1) is 29.5 Å². The normalized spacial score (nSPS) is 32.4. The third-order valence-electron chi connectivity index (χ3n) is 7.76. The number of aryl methyl sites for hydroxylation is 1. The summed E-state index contributed by atoms with van der Waals surface area (Å²) in [6.07, 6.45) is -7.27. The molecule has 2 aromatic heterocycles. The van der Waals surface area contributed by atoms with Gasteiger partial charge in [-0.1, -0.05) is 24.3 Å². The second kappa shape index (κ2) is 9.70. The number of pyridine rings is 1. The van der Waals surface area contributed by atoms with Gasteiger partial charge in [-0.25, -0.2) is 0 Å². The number of nitrogens with zero attached hydrogens (tertiary/aromatic N) is 1. The summed E-state index contributed by atoms with van der Waals surface area (Å²) in [4.78, 5) is 17.2. The minimum atomic E-state index is -1.62. The zero-order valence-corrected chi connectivity index (χ0v) is 20.7. The number of fused-ring (bicyclic) bond motifs is 6. The summed E-state index contributed by atoms with van der Waals surface area (Å²) in [6, 6.07) is 9.91. The molecule has 8 atom stereocenters. The van der Waals surface area contributed by atoms with Gasteiger partial charge in [-0.3, -0.25) is 4.79 Å². The summed E-state index contributed by atoms with van der Waals surface area (Å²) in [7, 11) is 1.41. The number of aromatic amines is 1. The third-order valence-corrected chi connectivity index (χ3v) is 7.76. The summed E-state index contributed by atoms with van der Waals surface area (Å²) >= 11 is 0. The number of para-hydroxylation sites is 1. The molecule has 11 nitrogen and oxygen atoms in total. The van der Waals surface area contributed by atoms with Crippen molar-refractivity contribution < 1.29 is 39.4 Å². The highest BCUT2D eigenvalue weighted by Gasteiger charge is 2.47. The van der Waals surface area contributed by atoms with Gasteiger partial charge in [0.2, 0.25) is 0 Å². The lowest BCUT2D eigenvalue weighted by Gasteiger charge is -2.43. The van der Waals surface area contributed by atoms with Crippen molar-refractivity contribution in [2.75, 3.05) is 13.7 Å². The molecule has 1 aromatic carbocycles. The average molecular weight is 527 g/mol. The van der Waals surface area contributed by atoms with E-state index in [9.17, 15) is 25.2 Å². The molecule has 0 saturated carbocycles. The lowest BCUT2D eigenvalue weighted by Crippen LogP contribution is -2.60. The minimum Gasteiger partial charge on any atom is -0.394 e. The number of rotatable bonds is 5. The fraction of sp³-hybridized carbons (Fsp3) is 0.444. The Morgan fingerprint density at radius 1 is 1.16 bits per heavy atom. The first-order chi connectivity index (χ1) is 18.4. The van der Waals surface area contributed by atoms with Gasteiger partial charge in [-0.05, 0) is 29.7 Å². The summed E-state index contributed by atoms with van der Waals surface area (Å²) in [5.74, 6) is -0.669. The van der Waals surface area contributed by atoms with Crippen LogP contribution in [0.2, 0.25) is 0 Å². The summed E-state index contributed by atoms with van der Waals surface area (Å²) < 4.78 is 24.7. The number of aliphatic hydroxyl groups excluding tert-OH is 4. The molecular weight excluding hydrogens is 496 g/mol. The Labute approximate surface area is 217 Å². The van der Waals surface area contributed by atoms with E-state index in [2.05, 4.69) is 17.6 Å². The molecule has 3 aliphatic heterocycles. The molecule has 202 valence electrons. The van der Waals surface area contributed by atoms with Crippen molar-refractivity contribution >= 4 is 10.9 Å². The Balaban J connectivity index is 1.42. The number of ether oxygens (including phenoxy) is 4. The first-order valence-corrected chi connectivity index (χ1v) is 12.5. The molecule has 0 amide bonds. The zero-order chi connectivity index (χ0) is 26.7. The second-order valence-electron chi connectivity index (χ2n) is 9.80. The van der Waals surface area contributed by atoms with Gasteiger partial charge in [-0.2, -0.15) is 0 Å². The van der Waals surface area contributed by atoms with Crippen LogP contribution >= 0.6 is 0 Å². The molecule has 1 fully saturated rings. The number of benzene rings is 1. The van der Waals surface area contributed by atoms with Crippen LogP contribution in [0.25, 0.3) is 22.3 Å². The van der Waals surface area contributed by atoms with Gasteiger partial charge < -0.3 is 48.9 Å². The minimum absolute atomic E-state index is 0.244. The van der Waals surface area contributed by atoms with E-state index < -0.39 is 55.8 Å². The summed E-state index contributed by atoms with van der Waals surface area (Å²) in [6.45, 7) is 3.82. The predicted octanol–water partition coefficient (Wildman–Crippen LogP) is 0.640. The number of nitrogens with one attached hydrogen (secondary N) is 1. The van der Waals surface area contributed by atoms with Crippen molar-refractivity contribution in [3.05, 3.63) is 70.0 Å². The van der Waals surface area contributed by atoms with Crippen LogP contribution in [0.5, 0.6) is 0 Å². The molecule has 38 heavy (non-hydrogen) atoms. The molecule has 5 N–H and O–H groups in total. The summed E-state index contributed by atoms with van der Waals surface area (Å²) in [5, 5.41) is 41.4. The van der Waals surface area contributed by atoms with Crippen LogP contribution in [-0.4, -0.2) is 80.7 Å². The molecule has 1 saturated heterocycles. The molecule has 0 unspecified atom stereocenters. The monoisotopic (exact) mass is 526 g/mol. The van der Waals surface area contributed by atoms with Crippen molar-refractivity contribution in [2.24, 2.45) is 0 Å². The Morgan fingerprint density at radius 2 is 1.95 bits per heavy atom. The maximum Gasteiger partial charge on any atom is 0.259 e. The van der Waals surface area contributed by atoms with Gasteiger partial charge in [0, 0.05) is 24.6 Å². The molecular formula is C27H30N2O9. The quantitative estimate of drug-likeness (QED) is 0.301. The number of aromatic nitrogens is 2. The Bertz CT molecular complexity index is 1430. The molecule has 0 spiro atoms. The topological polar surface area (TPSA) is 156 Å². The zero-order valence-electron chi connectivity index (χ0n) is 20.7. The van der Waals surface area contributed by atoms with E-state index >= 15 is 0 Å². The van der Waals surface area contributed by atoms with E-state index in [0.717, 1.165) is 27.9 Å². The van der Waals surface area contributed by atoms with Crippen molar-refractivity contribution in [1.29, 1.82) is 0 Å². The lowest BCUT2D eigenvalue weighted by molar-refractivity contribution is -0.358. The first-order valence-electron chi connectivity index (χ1n) is 12.5. The van der Waals surface area contributed by atoms with Crippen molar-refractivity contribution in [3.63, 3.8) is 0 Å². The predicted molar refractivity (Wildman–Crippen MR) is 134 cm³/mol. The highest BCUT2D eigenvalue weighted by Crippen LogP contribution is 2.42. The van der Waals surface area contributed by atoms with E-state index in [1.54, 1.807) is 10.6 Å². The number of aliphatic hydroxyl groups is 4. The van der Waals surface area contributed by atoms with Crippen molar-refractivity contribution in [2.45, 2.75) is 62.2 Å². The van der Waals surface area contributed by atoms with Crippen LogP contribution in [0, 0.1) is 0 Å². The van der Waals surface area contributed by atoms with Crippen LogP contribution < -0.4 is 5.56 Å². The SMILES string of the molecule is C=C[C@@H]1c2cc3n(c(=O)c2[C@@H](OC)O[C@H]1O[C@@H]1O[C@H](CO)[C@@H](O)[C@H](O)[C@H]1O)CCc1c-3[nH]c2ccccc12. The molecule has 3 aromatic rings. The van der Waals surface area contributed by atoms with E-state index in [4.69, 9.17) is 18.9 Å². The summed E-state index contributed by atoms with van der Waals surface area (Å²) in [5.41, 5.74) is 4.39. The number of hydrogen-bond acceptors (Lipinski definition) is 9. The number of methoxy groups -OCH3 is 1. The average Bonchev–Trinajstić information content (AvgIpc) is 3.32. The standard InChI is InChI=1S/C27H30N2O9/c1-3-12-15-10-17-20-14(13-6-4-5-7-16(13)28-20)8-9-29(17)24(34)19(15)26(35-2)37-25(12)38-27-23(33)22(32)21(31)18(11-30)36-27/h3-7,10,12,18,21-23,25-28,30-33H,1,8-9,11H2,2H3/t12-,18-,21-,22+,23-,25+,26+,27+/m1/s1. The van der Waals surface area contributed by atoms with E-state index in [1.165, 1.54) is 7.11 Å². The fourth-order valence-corrected chi connectivity index (χ4v) is 5.79. The highest BCUT2D eigenvalue weighted by molar-refractivity contribution is 5.90. The Morgan fingerprint density at radius 3 is 2.68 bits per heavy atom. The van der Waals surface area contributed by atoms with Gasteiger partial charge in [0.15, 0.2) is 18.9 Å². The maximum atomic E-state index is 13.8. The van der Waals surface area contributed by atoms with Crippen molar-refractivity contribution in [1.82, 2.24) is 9.55 Å². The Kier molecular flexibility index (Phi) is 6.49. The van der Waals surface area contributed by atoms with E-state index in [1.807, 2.05) is 24.3 Å². The van der Waals surface area contributed by atoms with E-state index in [0.29, 0.717) is 24.1 Å². The maximum absolute atomic E-state index is 13.8. The molecule has 3 aliphatic rings. The molecule has 0 bridgehead atoms. The van der Waals surface area contributed by atoms with Crippen LogP contribution in [0.1, 0.15) is 28.9 Å². The largest absolute Gasteiger partial charge is 0.394 e. The van der Waals surface area contributed by atoms with Crippen molar-refractivity contribution in [3.8, 4) is 11.4 Å². The second-order valence-corrected chi connectivity index (χ2v) is 9.80. The Hall–Kier alpha value is -2.87. The van der Waals surface area contributed by atoms with Gasteiger partial charge in [0.25, 0.3) is 5.56 Å². The van der Waals surface area contributed by atoms with E-state index in [-0.39, 0.29) is 5.56 Å². The smallest absolute Gasteiger partial charge is 0.259 e. The molecule has 11 heteroatoms. The molecule has 0 radical (unpaired) electrons. The van der Waals surface area contributed by atoms with Crippen LogP contribution in [0.4, 0.5) is 0 Å². The first kappa shape index (κ1) is 25.4. The lowest BCUT2D eigenvalue weighted by atomic mass is 9.89. The van der Waals surface area contributed by atoms with Crippen LogP contribution in [0.3, 0.4) is 0 Å².